The van der Waals surface area contributed by atoms with Crippen molar-refractivity contribution in [1.29, 1.82) is 0 Å². The van der Waals surface area contributed by atoms with E-state index < -0.39 is 20.7 Å². The van der Waals surface area contributed by atoms with Gasteiger partial charge in [0.1, 0.15) is 0 Å². The van der Waals surface area contributed by atoms with Crippen molar-refractivity contribution >= 4 is 21.6 Å². The Balaban J connectivity index is 2.54. The van der Waals surface area contributed by atoms with E-state index in [4.69, 9.17) is 5.11 Å². The first-order valence-electron chi connectivity index (χ1n) is 5.12. The van der Waals surface area contributed by atoms with Crippen LogP contribution in [0.3, 0.4) is 0 Å². The number of aliphatic hydroxyl groups excluding tert-OH is 1. The summed E-state index contributed by atoms with van der Waals surface area (Å²) >= 11 is 0. The molecule has 1 aromatic carbocycles. The largest absolute Gasteiger partial charge is 0.392 e. The van der Waals surface area contributed by atoms with E-state index >= 15 is 0 Å². The number of amides is 1. The Labute approximate surface area is 99.7 Å². The highest BCUT2D eigenvalue weighted by Gasteiger charge is 2.61. The number of hydrogen-bond donors (Lipinski definition) is 1. The molecule has 0 bridgehead atoms. The van der Waals surface area contributed by atoms with E-state index in [1.54, 1.807) is 18.2 Å². The molecule has 1 heterocycles. The van der Waals surface area contributed by atoms with E-state index in [1.807, 2.05) is 0 Å². The second kappa shape index (κ2) is 3.54. The smallest absolute Gasteiger partial charge is 0.263 e. The molecule has 0 unspecified atom stereocenters. The lowest BCUT2D eigenvalue weighted by Gasteiger charge is -2.43. The van der Waals surface area contributed by atoms with Crippen LogP contribution < -0.4 is 4.31 Å². The van der Waals surface area contributed by atoms with Crippen molar-refractivity contribution in [3.63, 3.8) is 0 Å². The zero-order valence-corrected chi connectivity index (χ0v) is 10.4. The van der Waals surface area contributed by atoms with Crippen LogP contribution in [0.2, 0.25) is 0 Å². The molecule has 0 radical (unpaired) electrons. The second-order valence-electron chi connectivity index (χ2n) is 4.37. The third-order valence-corrected chi connectivity index (χ3v) is 5.27. The van der Waals surface area contributed by atoms with Crippen molar-refractivity contribution < 1.29 is 18.3 Å². The van der Waals surface area contributed by atoms with Gasteiger partial charge in [0.2, 0.25) is 0 Å². The summed E-state index contributed by atoms with van der Waals surface area (Å²) in [5, 5.41) is 9.14. The third-order valence-electron chi connectivity index (χ3n) is 2.97. The SMILES string of the molecule is CC1(C)C(=O)N(c2ccccc2CO)S1(=O)=O. The highest BCUT2D eigenvalue weighted by molar-refractivity contribution is 7.98. The van der Waals surface area contributed by atoms with Gasteiger partial charge in [0.25, 0.3) is 15.9 Å². The minimum Gasteiger partial charge on any atom is -0.392 e. The fraction of sp³-hybridized carbons (Fsp3) is 0.364. The lowest BCUT2D eigenvalue weighted by Crippen LogP contribution is -2.67. The van der Waals surface area contributed by atoms with Crippen LogP contribution in [0.1, 0.15) is 19.4 Å². The summed E-state index contributed by atoms with van der Waals surface area (Å²) in [6.45, 7) is 2.45. The lowest BCUT2D eigenvalue weighted by atomic mass is 10.1. The Bertz CT molecular complexity index is 577. The van der Waals surface area contributed by atoms with Crippen LogP contribution in [-0.2, 0) is 21.4 Å². The van der Waals surface area contributed by atoms with E-state index in [2.05, 4.69) is 0 Å². The normalized spacial score (nSPS) is 21.1. The van der Waals surface area contributed by atoms with Crippen LogP contribution in [0.25, 0.3) is 0 Å². The van der Waals surface area contributed by atoms with E-state index in [0.29, 0.717) is 5.56 Å². The van der Waals surface area contributed by atoms with Crippen LogP contribution in [0, 0.1) is 0 Å². The van der Waals surface area contributed by atoms with Crippen molar-refractivity contribution in [2.24, 2.45) is 0 Å². The maximum Gasteiger partial charge on any atom is 0.263 e. The lowest BCUT2D eigenvalue weighted by molar-refractivity contribution is -0.120. The Kier molecular flexibility index (Phi) is 2.52. The molecule has 92 valence electrons. The van der Waals surface area contributed by atoms with Crippen molar-refractivity contribution in [3.8, 4) is 0 Å². The zero-order valence-electron chi connectivity index (χ0n) is 9.54. The molecule has 6 heteroatoms. The molecule has 1 aliphatic rings. The molecule has 0 aliphatic carbocycles. The monoisotopic (exact) mass is 255 g/mol. The number of anilines is 1. The van der Waals surface area contributed by atoms with Gasteiger partial charge in [-0.05, 0) is 19.9 Å². The Morgan fingerprint density at radius 2 is 1.88 bits per heavy atom. The Hall–Kier alpha value is -1.40. The van der Waals surface area contributed by atoms with E-state index in [0.717, 1.165) is 4.31 Å². The van der Waals surface area contributed by atoms with Gasteiger partial charge in [-0.2, -0.15) is 0 Å². The molecule has 1 aliphatic heterocycles. The maximum absolute atomic E-state index is 12.0. The third kappa shape index (κ3) is 1.41. The molecule has 0 saturated carbocycles. The summed E-state index contributed by atoms with van der Waals surface area (Å²) < 4.78 is 23.3. The van der Waals surface area contributed by atoms with Gasteiger partial charge in [-0.15, -0.1) is 0 Å². The van der Waals surface area contributed by atoms with E-state index in [-0.39, 0.29) is 12.3 Å². The van der Waals surface area contributed by atoms with E-state index in [9.17, 15) is 13.2 Å². The summed E-state index contributed by atoms with van der Waals surface area (Å²) in [6.07, 6.45) is 0. The van der Waals surface area contributed by atoms with Crippen molar-refractivity contribution in [3.05, 3.63) is 29.8 Å². The standard InChI is InChI=1S/C11H13NO4S/c1-11(2)10(14)12(17(11,15)16)9-6-4-3-5-8(9)7-13/h3-6,13H,7H2,1-2H3. The molecule has 2 rings (SSSR count). The molecule has 0 atom stereocenters. The van der Waals surface area contributed by atoms with Crippen LogP contribution in [0.15, 0.2) is 24.3 Å². The Morgan fingerprint density at radius 1 is 1.29 bits per heavy atom. The fourth-order valence-corrected chi connectivity index (χ4v) is 3.25. The summed E-state index contributed by atoms with van der Waals surface area (Å²) in [5.74, 6) is -0.474. The molecule has 1 aromatic rings. The second-order valence-corrected chi connectivity index (χ2v) is 6.71. The molecule has 5 nitrogen and oxygen atoms in total. The summed E-state index contributed by atoms with van der Waals surface area (Å²) in [6, 6.07) is 6.40. The van der Waals surface area contributed by atoms with Gasteiger partial charge in [-0.3, -0.25) is 4.79 Å². The molecular weight excluding hydrogens is 242 g/mol. The first-order chi connectivity index (χ1) is 7.84. The van der Waals surface area contributed by atoms with Crippen molar-refractivity contribution in [2.45, 2.75) is 25.2 Å². The number of aliphatic hydroxyl groups is 1. The van der Waals surface area contributed by atoms with Crippen molar-refractivity contribution in [1.82, 2.24) is 0 Å². The van der Waals surface area contributed by atoms with E-state index in [1.165, 1.54) is 19.9 Å². The van der Waals surface area contributed by atoms with Gasteiger partial charge in [0.05, 0.1) is 12.3 Å². The Morgan fingerprint density at radius 3 is 2.41 bits per heavy atom. The first-order valence-corrected chi connectivity index (χ1v) is 6.56. The van der Waals surface area contributed by atoms with Crippen LogP contribution in [0.4, 0.5) is 5.69 Å². The molecule has 0 spiro atoms. The molecule has 1 amide bonds. The number of sulfonamides is 1. The van der Waals surface area contributed by atoms with Crippen LogP contribution in [0.5, 0.6) is 0 Å². The topological polar surface area (TPSA) is 74.7 Å². The van der Waals surface area contributed by atoms with Gasteiger partial charge in [-0.25, -0.2) is 12.7 Å². The minimum absolute atomic E-state index is 0.235. The summed E-state index contributed by atoms with van der Waals surface area (Å²) in [5.41, 5.74) is 0.652. The number of hydrogen-bond acceptors (Lipinski definition) is 4. The van der Waals surface area contributed by atoms with Crippen LogP contribution in [-0.4, -0.2) is 24.2 Å². The first kappa shape index (κ1) is 12.1. The number of carbonyl (C=O) groups is 1. The average Bonchev–Trinajstić information content (AvgIpc) is 2.29. The summed E-state index contributed by atoms with van der Waals surface area (Å²) in [4.78, 5) is 11.8. The quantitative estimate of drug-likeness (QED) is 0.841. The molecule has 17 heavy (non-hydrogen) atoms. The molecular formula is C11H13NO4S. The number of nitrogens with zero attached hydrogens (tertiary/aromatic N) is 1. The fourth-order valence-electron chi connectivity index (χ4n) is 1.73. The van der Waals surface area contributed by atoms with Gasteiger partial charge in [0, 0.05) is 5.56 Å². The van der Waals surface area contributed by atoms with Crippen LogP contribution >= 0.6 is 0 Å². The average molecular weight is 255 g/mol. The number of carbonyl (C=O) groups excluding carboxylic acids is 1. The summed E-state index contributed by atoms with van der Waals surface area (Å²) in [7, 11) is -3.66. The number of rotatable bonds is 2. The molecule has 0 aromatic heterocycles. The predicted molar refractivity (Wildman–Crippen MR) is 62.8 cm³/mol. The maximum atomic E-state index is 12.0. The minimum atomic E-state index is -3.66. The molecule has 1 fully saturated rings. The van der Waals surface area contributed by atoms with Gasteiger partial charge in [0.15, 0.2) is 4.75 Å². The highest BCUT2D eigenvalue weighted by atomic mass is 32.2. The van der Waals surface area contributed by atoms with Crippen molar-refractivity contribution in [2.75, 3.05) is 4.31 Å². The van der Waals surface area contributed by atoms with Gasteiger partial charge in [-0.1, -0.05) is 18.2 Å². The molecule has 1 N–H and O–H groups in total. The number of benzene rings is 1. The highest BCUT2D eigenvalue weighted by Crippen LogP contribution is 2.40. The van der Waals surface area contributed by atoms with Gasteiger partial charge >= 0.3 is 0 Å². The predicted octanol–water partition coefficient (Wildman–Crippen LogP) is 0.634. The zero-order chi connectivity index (χ0) is 12.8. The number of para-hydroxylation sites is 1. The van der Waals surface area contributed by atoms with Gasteiger partial charge < -0.3 is 5.11 Å². The molecule has 1 saturated heterocycles.